The Labute approximate surface area is 191 Å². The van der Waals surface area contributed by atoms with Crippen molar-refractivity contribution in [1.82, 2.24) is 4.90 Å². The number of esters is 1. The molecular formula is C23H25Cl2NO5. The van der Waals surface area contributed by atoms with Gasteiger partial charge >= 0.3 is 5.97 Å². The fourth-order valence-corrected chi connectivity index (χ4v) is 3.97. The number of rotatable bonds is 8. The summed E-state index contributed by atoms with van der Waals surface area (Å²) in [7, 11) is 0. The molecule has 0 aromatic heterocycles. The number of hydrogen-bond donors (Lipinski definition) is 1. The van der Waals surface area contributed by atoms with Gasteiger partial charge in [0.05, 0.1) is 12.6 Å². The fraction of sp³-hybridized carbons (Fsp3) is 0.391. The molecule has 8 heteroatoms. The van der Waals surface area contributed by atoms with E-state index in [0.717, 1.165) is 11.1 Å². The van der Waals surface area contributed by atoms with Gasteiger partial charge in [0, 0.05) is 16.7 Å². The number of amides is 1. The topological polar surface area (TPSA) is 76.1 Å². The number of ether oxygens (including phenoxy) is 2. The van der Waals surface area contributed by atoms with Gasteiger partial charge in [-0.05, 0) is 55.2 Å². The number of nitrogens with zero attached hydrogens (tertiary/aromatic N) is 1. The van der Waals surface area contributed by atoms with Crippen molar-refractivity contribution in [3.63, 3.8) is 0 Å². The maximum atomic E-state index is 13.3. The minimum Gasteiger partial charge on any atom is -0.465 e. The van der Waals surface area contributed by atoms with E-state index in [1.165, 1.54) is 4.90 Å². The van der Waals surface area contributed by atoms with Gasteiger partial charge in [-0.3, -0.25) is 9.59 Å². The van der Waals surface area contributed by atoms with Crippen LogP contribution in [0.25, 0.3) is 0 Å². The first-order valence-corrected chi connectivity index (χ1v) is 10.9. The Bertz CT molecular complexity index is 888. The first-order valence-electron chi connectivity index (χ1n) is 10.2. The Hall–Kier alpha value is -2.12. The van der Waals surface area contributed by atoms with Crippen LogP contribution in [0, 0.1) is 0 Å². The van der Waals surface area contributed by atoms with E-state index in [1.54, 1.807) is 31.2 Å². The van der Waals surface area contributed by atoms with E-state index in [0.29, 0.717) is 22.9 Å². The first kappa shape index (κ1) is 23.5. The predicted octanol–water partition coefficient (Wildman–Crippen LogP) is 4.34. The summed E-state index contributed by atoms with van der Waals surface area (Å²) in [5.74, 6) is -0.806. The Morgan fingerprint density at radius 2 is 1.65 bits per heavy atom. The molecule has 2 unspecified atom stereocenters. The second-order valence-electron chi connectivity index (χ2n) is 7.23. The molecule has 3 atom stereocenters. The molecule has 1 fully saturated rings. The van der Waals surface area contributed by atoms with Gasteiger partial charge in [0.25, 0.3) is 5.91 Å². The Kier molecular flexibility index (Phi) is 8.32. The van der Waals surface area contributed by atoms with Crippen molar-refractivity contribution < 1.29 is 24.2 Å². The maximum absolute atomic E-state index is 13.3. The minimum atomic E-state index is -0.786. The second kappa shape index (κ2) is 11.0. The van der Waals surface area contributed by atoms with E-state index < -0.39 is 24.2 Å². The van der Waals surface area contributed by atoms with Gasteiger partial charge in [-0.15, -0.1) is 0 Å². The van der Waals surface area contributed by atoms with Gasteiger partial charge in [-0.25, -0.2) is 0 Å². The lowest BCUT2D eigenvalue weighted by molar-refractivity contribution is -0.179. The largest absolute Gasteiger partial charge is 0.465 e. The molecule has 1 saturated heterocycles. The van der Waals surface area contributed by atoms with Crippen molar-refractivity contribution in [2.24, 2.45) is 0 Å². The van der Waals surface area contributed by atoms with Gasteiger partial charge < -0.3 is 19.5 Å². The third-order valence-electron chi connectivity index (χ3n) is 5.13. The SMILES string of the molecule is CCOC(=O)CN1C(=O)[C@H](CCCO)OC(c2ccc(Cl)cc2)C1c1ccc(Cl)cc1. The number of carbonyl (C=O) groups is 2. The van der Waals surface area contributed by atoms with Crippen molar-refractivity contribution in [2.75, 3.05) is 19.8 Å². The third-order valence-corrected chi connectivity index (χ3v) is 5.64. The number of aliphatic hydroxyl groups is 1. The molecule has 166 valence electrons. The van der Waals surface area contributed by atoms with Crippen LogP contribution in [0.3, 0.4) is 0 Å². The summed E-state index contributed by atoms with van der Waals surface area (Å²) in [6, 6.07) is 13.7. The molecule has 2 aromatic carbocycles. The molecular weight excluding hydrogens is 441 g/mol. The van der Waals surface area contributed by atoms with Crippen LogP contribution in [-0.2, 0) is 19.1 Å². The van der Waals surface area contributed by atoms with Gasteiger partial charge in [-0.2, -0.15) is 0 Å². The Morgan fingerprint density at radius 1 is 1.06 bits per heavy atom. The maximum Gasteiger partial charge on any atom is 0.325 e. The van der Waals surface area contributed by atoms with E-state index in [-0.39, 0.29) is 25.7 Å². The van der Waals surface area contributed by atoms with Crippen molar-refractivity contribution in [3.8, 4) is 0 Å². The van der Waals surface area contributed by atoms with Crippen LogP contribution >= 0.6 is 23.2 Å². The smallest absolute Gasteiger partial charge is 0.325 e. The van der Waals surface area contributed by atoms with E-state index >= 15 is 0 Å². The first-order chi connectivity index (χ1) is 14.9. The van der Waals surface area contributed by atoms with E-state index in [2.05, 4.69) is 0 Å². The summed E-state index contributed by atoms with van der Waals surface area (Å²) in [6.07, 6.45) is -0.589. The van der Waals surface area contributed by atoms with Crippen molar-refractivity contribution in [2.45, 2.75) is 38.0 Å². The van der Waals surface area contributed by atoms with Crippen LogP contribution in [0.1, 0.15) is 43.0 Å². The number of halogens is 2. The standard InChI is InChI=1S/C23H25Cl2NO5/c1-2-30-20(28)14-26-21(15-5-9-17(24)10-6-15)22(16-7-11-18(25)12-8-16)31-19(23(26)29)4-3-13-27/h5-12,19,21-22,27H,2-4,13-14H2,1H3/t19-,21?,22?/m0/s1. The monoisotopic (exact) mass is 465 g/mol. The molecule has 1 aliphatic heterocycles. The van der Waals surface area contributed by atoms with E-state index in [9.17, 15) is 14.7 Å². The average Bonchev–Trinajstić information content (AvgIpc) is 2.76. The zero-order valence-electron chi connectivity index (χ0n) is 17.2. The van der Waals surface area contributed by atoms with Crippen LogP contribution in [0.15, 0.2) is 48.5 Å². The Morgan fingerprint density at radius 3 is 2.19 bits per heavy atom. The van der Waals surface area contributed by atoms with Gasteiger partial charge in [0.2, 0.25) is 0 Å². The highest BCUT2D eigenvalue weighted by Crippen LogP contribution is 2.43. The number of benzene rings is 2. The number of aliphatic hydroxyl groups excluding tert-OH is 1. The molecule has 6 nitrogen and oxygen atoms in total. The van der Waals surface area contributed by atoms with Crippen LogP contribution in [0.2, 0.25) is 10.0 Å². The highest BCUT2D eigenvalue weighted by molar-refractivity contribution is 6.30. The molecule has 1 aliphatic rings. The van der Waals surface area contributed by atoms with E-state index in [4.69, 9.17) is 32.7 Å². The molecule has 31 heavy (non-hydrogen) atoms. The summed E-state index contributed by atoms with van der Waals surface area (Å²) in [5.41, 5.74) is 1.60. The zero-order chi connectivity index (χ0) is 22.4. The molecule has 0 spiro atoms. The summed E-state index contributed by atoms with van der Waals surface area (Å²) >= 11 is 12.1. The quantitative estimate of drug-likeness (QED) is 0.586. The summed E-state index contributed by atoms with van der Waals surface area (Å²) in [5, 5.41) is 10.4. The fourth-order valence-electron chi connectivity index (χ4n) is 3.71. The molecule has 0 aliphatic carbocycles. The molecule has 0 saturated carbocycles. The van der Waals surface area contributed by atoms with Crippen LogP contribution in [-0.4, -0.2) is 47.7 Å². The molecule has 2 aromatic rings. The molecule has 0 bridgehead atoms. The predicted molar refractivity (Wildman–Crippen MR) is 118 cm³/mol. The lowest BCUT2D eigenvalue weighted by Crippen LogP contribution is -2.52. The molecule has 1 amide bonds. The van der Waals surface area contributed by atoms with Crippen LogP contribution in [0.5, 0.6) is 0 Å². The van der Waals surface area contributed by atoms with Gasteiger partial charge in [0.1, 0.15) is 18.8 Å². The van der Waals surface area contributed by atoms with Gasteiger partial charge in [0.15, 0.2) is 0 Å². The molecule has 1 heterocycles. The average molecular weight is 466 g/mol. The minimum absolute atomic E-state index is 0.0583. The number of morpholine rings is 1. The van der Waals surface area contributed by atoms with Crippen molar-refractivity contribution in [3.05, 3.63) is 69.7 Å². The number of hydrogen-bond acceptors (Lipinski definition) is 5. The normalized spacial score (nSPS) is 21.2. The Balaban J connectivity index is 2.06. The third kappa shape index (κ3) is 5.77. The van der Waals surface area contributed by atoms with Crippen LogP contribution < -0.4 is 0 Å². The van der Waals surface area contributed by atoms with Crippen molar-refractivity contribution in [1.29, 1.82) is 0 Å². The summed E-state index contributed by atoms with van der Waals surface area (Å²) in [4.78, 5) is 27.2. The van der Waals surface area contributed by atoms with Crippen molar-refractivity contribution >= 4 is 35.1 Å². The zero-order valence-corrected chi connectivity index (χ0v) is 18.7. The highest BCUT2D eigenvalue weighted by atomic mass is 35.5. The van der Waals surface area contributed by atoms with Gasteiger partial charge in [-0.1, -0.05) is 47.5 Å². The highest BCUT2D eigenvalue weighted by Gasteiger charge is 2.44. The van der Waals surface area contributed by atoms with Crippen LogP contribution in [0.4, 0.5) is 0 Å². The molecule has 3 rings (SSSR count). The van der Waals surface area contributed by atoms with E-state index in [1.807, 2.05) is 24.3 Å². The second-order valence-corrected chi connectivity index (χ2v) is 8.10. The lowest BCUT2D eigenvalue weighted by atomic mass is 9.91. The lowest BCUT2D eigenvalue weighted by Gasteiger charge is -2.44. The molecule has 1 N–H and O–H groups in total. The summed E-state index contributed by atoms with van der Waals surface area (Å²) in [6.45, 7) is 1.67. The summed E-state index contributed by atoms with van der Waals surface area (Å²) < 4.78 is 11.4. The number of carbonyl (C=O) groups excluding carboxylic acids is 2. The molecule has 0 radical (unpaired) electrons.